The lowest BCUT2D eigenvalue weighted by Crippen LogP contribution is -2.26. The van der Waals surface area contributed by atoms with E-state index < -0.39 is 0 Å². The number of benzene rings is 1. The Hall–Kier alpha value is -1.09. The Balaban J connectivity index is 1.73. The largest absolute Gasteiger partial charge is 0.325 e. The number of hydrogen-bond acceptors (Lipinski definition) is 1. The van der Waals surface area contributed by atoms with Crippen LogP contribution in [0.2, 0.25) is 0 Å². The Kier molecular flexibility index (Phi) is 3.02. The SMILES string of the molecule is Cc1ccc(NC(=O)C2CC3C=CC2C3)c(Br)c1. The van der Waals surface area contributed by atoms with Crippen LogP contribution >= 0.6 is 15.9 Å². The van der Waals surface area contributed by atoms with Gasteiger partial charge in [-0.15, -0.1) is 0 Å². The van der Waals surface area contributed by atoms with Crippen LogP contribution in [0.5, 0.6) is 0 Å². The number of allylic oxidation sites excluding steroid dienone is 2. The summed E-state index contributed by atoms with van der Waals surface area (Å²) in [4.78, 5) is 12.3. The van der Waals surface area contributed by atoms with E-state index in [9.17, 15) is 4.79 Å². The minimum absolute atomic E-state index is 0.160. The average molecular weight is 306 g/mol. The summed E-state index contributed by atoms with van der Waals surface area (Å²) in [6.07, 6.45) is 6.64. The molecule has 3 rings (SSSR count). The number of carbonyl (C=O) groups excluding carboxylic acids is 1. The molecule has 0 spiro atoms. The van der Waals surface area contributed by atoms with Gasteiger partial charge in [-0.1, -0.05) is 18.2 Å². The zero-order valence-corrected chi connectivity index (χ0v) is 11.9. The van der Waals surface area contributed by atoms with Crippen LogP contribution in [0.1, 0.15) is 18.4 Å². The second-order valence-corrected chi connectivity index (χ2v) is 6.21. The first kappa shape index (κ1) is 12.0. The molecule has 1 saturated carbocycles. The molecule has 94 valence electrons. The molecule has 0 aromatic heterocycles. The summed E-state index contributed by atoms with van der Waals surface area (Å²) >= 11 is 3.50. The molecule has 1 amide bonds. The molecule has 3 heteroatoms. The fraction of sp³-hybridized carbons (Fsp3) is 0.400. The third-order valence-electron chi connectivity index (χ3n) is 4.00. The molecular formula is C15H16BrNO. The summed E-state index contributed by atoms with van der Waals surface area (Å²) in [5.41, 5.74) is 2.06. The van der Waals surface area contributed by atoms with Crippen LogP contribution in [0, 0.1) is 24.7 Å². The standard InChI is InChI=1S/C15H16BrNO/c1-9-2-5-14(13(16)6-9)17-15(18)12-8-10-3-4-11(12)7-10/h2-6,10-12H,7-8H2,1H3,(H,17,18). The van der Waals surface area contributed by atoms with Crippen LogP contribution in [-0.2, 0) is 4.79 Å². The van der Waals surface area contributed by atoms with Crippen molar-refractivity contribution in [2.45, 2.75) is 19.8 Å². The van der Waals surface area contributed by atoms with E-state index in [0.29, 0.717) is 11.8 Å². The van der Waals surface area contributed by atoms with Gasteiger partial charge in [0, 0.05) is 10.4 Å². The summed E-state index contributed by atoms with van der Waals surface area (Å²) in [5, 5.41) is 3.04. The Bertz CT molecular complexity index is 523. The van der Waals surface area contributed by atoms with Crippen LogP contribution < -0.4 is 5.32 Å². The Morgan fingerprint density at radius 1 is 1.33 bits per heavy atom. The lowest BCUT2D eigenvalue weighted by Gasteiger charge is -2.18. The molecule has 0 saturated heterocycles. The number of rotatable bonds is 2. The minimum atomic E-state index is 0.160. The quantitative estimate of drug-likeness (QED) is 0.825. The van der Waals surface area contributed by atoms with Gasteiger partial charge in [-0.3, -0.25) is 4.79 Å². The molecule has 1 N–H and O–H groups in total. The number of nitrogens with one attached hydrogen (secondary N) is 1. The van der Waals surface area contributed by atoms with Crippen LogP contribution in [-0.4, -0.2) is 5.91 Å². The number of aryl methyl sites for hydroxylation is 1. The molecule has 1 fully saturated rings. The zero-order valence-electron chi connectivity index (χ0n) is 10.3. The maximum atomic E-state index is 12.3. The van der Waals surface area contributed by atoms with Gasteiger partial charge < -0.3 is 5.32 Å². The Morgan fingerprint density at radius 2 is 2.17 bits per heavy atom. The summed E-state index contributed by atoms with van der Waals surface area (Å²) in [6.45, 7) is 2.04. The van der Waals surface area contributed by atoms with E-state index in [1.54, 1.807) is 0 Å². The first-order valence-corrected chi connectivity index (χ1v) is 7.18. The third kappa shape index (κ3) is 2.12. The number of anilines is 1. The number of amides is 1. The second-order valence-electron chi connectivity index (χ2n) is 5.36. The van der Waals surface area contributed by atoms with E-state index in [1.807, 2.05) is 25.1 Å². The predicted molar refractivity (Wildman–Crippen MR) is 76.4 cm³/mol. The maximum absolute atomic E-state index is 12.3. The van der Waals surface area contributed by atoms with Crippen LogP contribution in [0.3, 0.4) is 0 Å². The molecule has 0 heterocycles. The third-order valence-corrected chi connectivity index (χ3v) is 4.65. The van der Waals surface area contributed by atoms with E-state index in [1.165, 1.54) is 5.56 Å². The molecule has 2 aliphatic carbocycles. The summed E-state index contributed by atoms with van der Waals surface area (Å²) < 4.78 is 0.953. The van der Waals surface area contributed by atoms with Crippen molar-refractivity contribution in [1.82, 2.24) is 0 Å². The molecule has 2 nitrogen and oxygen atoms in total. The lowest BCUT2D eigenvalue weighted by molar-refractivity contribution is -0.120. The average Bonchev–Trinajstić information content (AvgIpc) is 2.94. The molecule has 1 aromatic carbocycles. The maximum Gasteiger partial charge on any atom is 0.228 e. The molecule has 1 aromatic rings. The van der Waals surface area contributed by atoms with Gasteiger partial charge >= 0.3 is 0 Å². The van der Waals surface area contributed by atoms with Gasteiger partial charge in [-0.05, 0) is 65.2 Å². The number of fused-ring (bicyclic) bond motifs is 2. The molecular weight excluding hydrogens is 290 g/mol. The van der Waals surface area contributed by atoms with Crippen molar-refractivity contribution in [3.8, 4) is 0 Å². The van der Waals surface area contributed by atoms with Crippen molar-refractivity contribution < 1.29 is 4.79 Å². The van der Waals surface area contributed by atoms with Crippen molar-refractivity contribution >= 4 is 27.5 Å². The highest BCUT2D eigenvalue weighted by Gasteiger charge is 2.39. The normalized spacial score (nSPS) is 28.7. The fourth-order valence-electron chi connectivity index (χ4n) is 3.03. The summed E-state index contributed by atoms with van der Waals surface area (Å²) in [5.74, 6) is 1.41. The van der Waals surface area contributed by atoms with Crippen LogP contribution in [0.25, 0.3) is 0 Å². The first-order valence-electron chi connectivity index (χ1n) is 6.39. The molecule has 18 heavy (non-hydrogen) atoms. The highest BCUT2D eigenvalue weighted by Crippen LogP contribution is 2.44. The van der Waals surface area contributed by atoms with Gasteiger partial charge in [0.25, 0.3) is 0 Å². The molecule has 3 atom stereocenters. The highest BCUT2D eigenvalue weighted by molar-refractivity contribution is 9.10. The molecule has 3 unspecified atom stereocenters. The van der Waals surface area contributed by atoms with Crippen LogP contribution in [0.15, 0.2) is 34.8 Å². The molecule has 0 radical (unpaired) electrons. The minimum Gasteiger partial charge on any atom is -0.325 e. The van der Waals surface area contributed by atoms with Gasteiger partial charge in [0.1, 0.15) is 0 Å². The van der Waals surface area contributed by atoms with Crippen molar-refractivity contribution in [2.75, 3.05) is 5.32 Å². The van der Waals surface area contributed by atoms with E-state index >= 15 is 0 Å². The van der Waals surface area contributed by atoms with Gasteiger partial charge in [0.15, 0.2) is 0 Å². The highest BCUT2D eigenvalue weighted by atomic mass is 79.9. The van der Waals surface area contributed by atoms with Gasteiger partial charge in [0.2, 0.25) is 5.91 Å². The van der Waals surface area contributed by atoms with E-state index in [-0.39, 0.29) is 11.8 Å². The van der Waals surface area contributed by atoms with E-state index in [2.05, 4.69) is 33.4 Å². The van der Waals surface area contributed by atoms with Crippen LogP contribution in [0.4, 0.5) is 5.69 Å². The molecule has 2 bridgehead atoms. The summed E-state index contributed by atoms with van der Waals surface area (Å²) in [6, 6.07) is 6.00. The van der Waals surface area contributed by atoms with Crippen molar-refractivity contribution in [3.05, 3.63) is 40.4 Å². The first-order chi connectivity index (χ1) is 8.63. The topological polar surface area (TPSA) is 29.1 Å². The molecule has 2 aliphatic rings. The monoisotopic (exact) mass is 305 g/mol. The smallest absolute Gasteiger partial charge is 0.228 e. The second kappa shape index (κ2) is 4.54. The van der Waals surface area contributed by atoms with Gasteiger partial charge in [-0.25, -0.2) is 0 Å². The van der Waals surface area contributed by atoms with E-state index in [4.69, 9.17) is 0 Å². The number of carbonyl (C=O) groups is 1. The zero-order chi connectivity index (χ0) is 12.7. The van der Waals surface area contributed by atoms with Crippen molar-refractivity contribution in [1.29, 1.82) is 0 Å². The number of hydrogen-bond donors (Lipinski definition) is 1. The van der Waals surface area contributed by atoms with Crippen molar-refractivity contribution in [2.24, 2.45) is 17.8 Å². The van der Waals surface area contributed by atoms with Gasteiger partial charge in [0.05, 0.1) is 5.69 Å². The Morgan fingerprint density at radius 3 is 2.78 bits per heavy atom. The van der Waals surface area contributed by atoms with Crippen molar-refractivity contribution in [3.63, 3.8) is 0 Å². The molecule has 0 aliphatic heterocycles. The lowest BCUT2D eigenvalue weighted by atomic mass is 9.93. The summed E-state index contributed by atoms with van der Waals surface area (Å²) in [7, 11) is 0. The van der Waals surface area contributed by atoms with E-state index in [0.717, 1.165) is 23.0 Å². The Labute approximate surface area is 116 Å². The number of halogens is 1. The predicted octanol–water partition coefficient (Wildman–Crippen LogP) is 3.91. The van der Waals surface area contributed by atoms with Gasteiger partial charge in [-0.2, -0.15) is 0 Å². The fourth-order valence-corrected chi connectivity index (χ4v) is 3.62.